The van der Waals surface area contributed by atoms with Gasteiger partial charge in [-0.25, -0.2) is 0 Å². The highest BCUT2D eigenvalue weighted by Crippen LogP contribution is 2.28. The average molecular weight is 255 g/mol. The quantitative estimate of drug-likeness (QED) is 0.781. The third-order valence-electron chi connectivity index (χ3n) is 1.78. The first-order chi connectivity index (χ1) is 6.27. The summed E-state index contributed by atoms with van der Waals surface area (Å²) in [6, 6.07) is 8.17. The highest BCUT2D eigenvalue weighted by molar-refractivity contribution is 9.11. The normalized spacial score (nSPS) is 10.3. The third kappa shape index (κ3) is 1.78. The second-order valence-corrected chi connectivity index (χ2v) is 4.93. The lowest BCUT2D eigenvalue weighted by Crippen LogP contribution is -1.80. The van der Waals surface area contributed by atoms with Crippen molar-refractivity contribution in [2.45, 2.75) is 6.92 Å². The van der Waals surface area contributed by atoms with Gasteiger partial charge in [0.2, 0.25) is 0 Å². The minimum atomic E-state index is 0.825. The molecule has 0 spiro atoms. The molecule has 2 aromatic rings. The van der Waals surface area contributed by atoms with Crippen molar-refractivity contribution in [3.05, 3.63) is 33.7 Å². The summed E-state index contributed by atoms with van der Waals surface area (Å²) in [6.45, 7) is 2.07. The van der Waals surface area contributed by atoms with E-state index < -0.39 is 0 Å². The molecule has 66 valence electrons. The molecule has 2 nitrogen and oxygen atoms in total. The van der Waals surface area contributed by atoms with Gasteiger partial charge in [-0.05, 0) is 28.4 Å². The predicted octanol–water partition coefficient (Wildman–Crippen LogP) is 3.28. The van der Waals surface area contributed by atoms with Crippen LogP contribution in [-0.4, -0.2) is 10.2 Å². The van der Waals surface area contributed by atoms with Crippen LogP contribution in [0.3, 0.4) is 0 Å². The van der Waals surface area contributed by atoms with Crippen molar-refractivity contribution < 1.29 is 0 Å². The van der Waals surface area contributed by atoms with Crippen molar-refractivity contribution in [1.29, 1.82) is 0 Å². The fraction of sp³-hybridized carbons (Fsp3) is 0.111. The van der Waals surface area contributed by atoms with E-state index in [1.54, 1.807) is 11.3 Å². The monoisotopic (exact) mass is 254 g/mol. The van der Waals surface area contributed by atoms with E-state index in [1.807, 2.05) is 12.1 Å². The van der Waals surface area contributed by atoms with Gasteiger partial charge >= 0.3 is 0 Å². The molecular formula is C9H7BrN2S. The number of aryl methyl sites for hydroxylation is 1. The van der Waals surface area contributed by atoms with Gasteiger partial charge in [-0.1, -0.05) is 35.6 Å². The van der Waals surface area contributed by atoms with E-state index in [9.17, 15) is 0 Å². The molecule has 0 unspecified atom stereocenters. The average Bonchev–Trinajstić information content (AvgIpc) is 2.53. The summed E-state index contributed by atoms with van der Waals surface area (Å²) in [5, 5.41) is 8.95. The third-order valence-corrected chi connectivity index (χ3v) is 3.17. The first-order valence-electron chi connectivity index (χ1n) is 3.82. The number of rotatable bonds is 1. The molecule has 0 saturated heterocycles. The molecule has 1 heterocycles. The minimum absolute atomic E-state index is 0.825. The molecule has 1 aromatic carbocycles. The van der Waals surface area contributed by atoms with Crippen LogP contribution in [0.5, 0.6) is 0 Å². The van der Waals surface area contributed by atoms with E-state index in [2.05, 4.69) is 45.2 Å². The minimum Gasteiger partial charge on any atom is -0.137 e. The van der Waals surface area contributed by atoms with Gasteiger partial charge in [0.25, 0.3) is 0 Å². The maximum absolute atomic E-state index is 4.07. The van der Waals surface area contributed by atoms with E-state index in [4.69, 9.17) is 0 Å². The van der Waals surface area contributed by atoms with Gasteiger partial charge in [0.15, 0.2) is 3.92 Å². The fourth-order valence-electron chi connectivity index (χ4n) is 1.13. The summed E-state index contributed by atoms with van der Waals surface area (Å²) in [5.74, 6) is 0. The van der Waals surface area contributed by atoms with Crippen LogP contribution in [0.4, 0.5) is 0 Å². The molecule has 0 radical (unpaired) electrons. The van der Waals surface area contributed by atoms with Crippen LogP contribution in [0.1, 0.15) is 5.56 Å². The molecule has 0 atom stereocenters. The second kappa shape index (κ2) is 3.55. The maximum Gasteiger partial charge on any atom is 0.183 e. The number of hydrogen-bond donors (Lipinski definition) is 0. The molecular weight excluding hydrogens is 248 g/mol. The molecule has 0 aliphatic heterocycles. The van der Waals surface area contributed by atoms with Crippen LogP contribution in [-0.2, 0) is 0 Å². The van der Waals surface area contributed by atoms with E-state index in [-0.39, 0.29) is 0 Å². The Hall–Kier alpha value is -0.740. The largest absolute Gasteiger partial charge is 0.183 e. The first kappa shape index (κ1) is 8.84. The zero-order chi connectivity index (χ0) is 9.26. The first-order valence-corrected chi connectivity index (χ1v) is 5.43. The van der Waals surface area contributed by atoms with E-state index >= 15 is 0 Å². The van der Waals surface area contributed by atoms with E-state index in [0.29, 0.717) is 0 Å². The van der Waals surface area contributed by atoms with Gasteiger partial charge in [-0.2, -0.15) is 0 Å². The Morgan fingerprint density at radius 1 is 1.23 bits per heavy atom. The summed E-state index contributed by atoms with van der Waals surface area (Å²) in [6.07, 6.45) is 0. The van der Waals surface area contributed by atoms with Gasteiger partial charge in [0.1, 0.15) is 5.01 Å². The van der Waals surface area contributed by atoms with Gasteiger partial charge in [-0.3, -0.25) is 0 Å². The van der Waals surface area contributed by atoms with Crippen molar-refractivity contribution in [2.75, 3.05) is 0 Å². The van der Waals surface area contributed by atoms with E-state index in [1.165, 1.54) is 5.56 Å². The Kier molecular flexibility index (Phi) is 2.42. The maximum atomic E-state index is 4.07. The molecule has 0 bridgehead atoms. The van der Waals surface area contributed by atoms with Crippen molar-refractivity contribution in [3.63, 3.8) is 0 Å². The number of halogens is 1. The van der Waals surface area contributed by atoms with Crippen molar-refractivity contribution in [2.24, 2.45) is 0 Å². The number of benzene rings is 1. The molecule has 0 N–H and O–H groups in total. The summed E-state index contributed by atoms with van der Waals surface area (Å²) in [7, 11) is 0. The number of aromatic nitrogens is 2. The lowest BCUT2D eigenvalue weighted by molar-refractivity contribution is 1.07. The summed E-state index contributed by atoms with van der Waals surface area (Å²) in [5.41, 5.74) is 2.39. The van der Waals surface area contributed by atoms with E-state index in [0.717, 1.165) is 14.5 Å². The molecule has 0 aliphatic rings. The number of nitrogens with zero attached hydrogens (tertiary/aromatic N) is 2. The summed E-state index contributed by atoms with van der Waals surface area (Å²) >= 11 is 4.85. The molecule has 0 fully saturated rings. The molecule has 0 amide bonds. The topological polar surface area (TPSA) is 25.8 Å². The highest BCUT2D eigenvalue weighted by Gasteiger charge is 2.05. The van der Waals surface area contributed by atoms with Gasteiger partial charge in [0.05, 0.1) is 0 Å². The van der Waals surface area contributed by atoms with Crippen LogP contribution < -0.4 is 0 Å². The predicted molar refractivity (Wildman–Crippen MR) is 57.8 cm³/mol. The van der Waals surface area contributed by atoms with Crippen LogP contribution in [0, 0.1) is 6.92 Å². The summed E-state index contributed by atoms with van der Waals surface area (Å²) < 4.78 is 0.825. The SMILES string of the molecule is Cc1ccccc1-c1nnc(Br)s1. The van der Waals surface area contributed by atoms with Crippen LogP contribution in [0.15, 0.2) is 28.2 Å². The van der Waals surface area contributed by atoms with Gasteiger partial charge in [-0.15, -0.1) is 10.2 Å². The molecule has 0 saturated carbocycles. The van der Waals surface area contributed by atoms with Crippen LogP contribution >= 0.6 is 27.3 Å². The zero-order valence-electron chi connectivity index (χ0n) is 6.99. The molecule has 2 rings (SSSR count). The molecule has 0 aliphatic carbocycles. The van der Waals surface area contributed by atoms with Crippen molar-refractivity contribution in [3.8, 4) is 10.6 Å². The highest BCUT2D eigenvalue weighted by atomic mass is 79.9. The molecule has 1 aromatic heterocycles. The Morgan fingerprint density at radius 2 is 2.00 bits per heavy atom. The van der Waals surface area contributed by atoms with Gasteiger partial charge in [0, 0.05) is 5.56 Å². The molecule has 13 heavy (non-hydrogen) atoms. The number of hydrogen-bond acceptors (Lipinski definition) is 3. The fourth-order valence-corrected chi connectivity index (χ4v) is 2.33. The van der Waals surface area contributed by atoms with Crippen LogP contribution in [0.2, 0.25) is 0 Å². The molecule has 4 heteroatoms. The second-order valence-electron chi connectivity index (χ2n) is 2.68. The van der Waals surface area contributed by atoms with Crippen molar-refractivity contribution in [1.82, 2.24) is 10.2 Å². The van der Waals surface area contributed by atoms with Crippen molar-refractivity contribution >= 4 is 27.3 Å². The lowest BCUT2D eigenvalue weighted by atomic mass is 10.1. The standard InChI is InChI=1S/C9H7BrN2S/c1-6-4-2-3-5-7(6)8-11-12-9(10)13-8/h2-5H,1H3. The van der Waals surface area contributed by atoms with Crippen LogP contribution in [0.25, 0.3) is 10.6 Å². The summed E-state index contributed by atoms with van der Waals surface area (Å²) in [4.78, 5) is 0. The Bertz CT molecular complexity index is 425. The Labute approximate surface area is 88.8 Å². The van der Waals surface area contributed by atoms with Gasteiger partial charge < -0.3 is 0 Å². The smallest absolute Gasteiger partial charge is 0.137 e. The Morgan fingerprint density at radius 3 is 2.62 bits per heavy atom. The zero-order valence-corrected chi connectivity index (χ0v) is 9.39. The Balaban J connectivity index is 2.52. The lowest BCUT2D eigenvalue weighted by Gasteiger charge is -1.98.